The van der Waals surface area contributed by atoms with E-state index in [0.717, 1.165) is 5.56 Å². The number of aliphatic hydroxyl groups is 1. The second-order valence-corrected chi connectivity index (χ2v) is 9.40. The third-order valence-electron chi connectivity index (χ3n) is 5.43. The van der Waals surface area contributed by atoms with Gasteiger partial charge in [-0.15, -0.1) is 0 Å². The van der Waals surface area contributed by atoms with Crippen molar-refractivity contribution in [1.82, 2.24) is 0 Å². The van der Waals surface area contributed by atoms with Gasteiger partial charge in [0.25, 0.3) is 0 Å². The average molecular weight is 416 g/mol. The Morgan fingerprint density at radius 2 is 1.80 bits per heavy atom. The molecule has 0 saturated heterocycles. The summed E-state index contributed by atoms with van der Waals surface area (Å²) < 4.78 is 5.66. The van der Waals surface area contributed by atoms with E-state index in [4.69, 9.17) is 4.74 Å². The SMILES string of the molecule is CCC(C)(C)OC(=O)C(Cc1ccc(O)cc1)N=C(C)C1=C(O)CC(C)(C)CC1=O. The molecule has 2 rings (SSSR count). The van der Waals surface area contributed by atoms with Crippen LogP contribution in [0, 0.1) is 5.41 Å². The summed E-state index contributed by atoms with van der Waals surface area (Å²) in [6.45, 7) is 11.1. The van der Waals surface area contributed by atoms with Gasteiger partial charge in [0.1, 0.15) is 17.1 Å². The van der Waals surface area contributed by atoms with Gasteiger partial charge in [-0.05, 0) is 50.3 Å². The van der Waals surface area contributed by atoms with Gasteiger partial charge < -0.3 is 14.9 Å². The number of aliphatic hydroxyl groups excluding tert-OH is 1. The van der Waals surface area contributed by atoms with Crippen molar-refractivity contribution >= 4 is 17.5 Å². The lowest BCUT2D eigenvalue weighted by atomic mass is 9.75. The Bertz CT molecular complexity index is 862. The van der Waals surface area contributed by atoms with Gasteiger partial charge in [-0.3, -0.25) is 9.79 Å². The Balaban J connectivity index is 2.38. The molecule has 6 nitrogen and oxygen atoms in total. The number of benzene rings is 1. The number of phenols is 1. The molecular formula is C24H33NO5. The molecule has 1 unspecified atom stereocenters. The van der Waals surface area contributed by atoms with Crippen LogP contribution in [0.25, 0.3) is 0 Å². The molecule has 0 aromatic heterocycles. The normalized spacial score (nSPS) is 18.3. The van der Waals surface area contributed by atoms with Crippen molar-refractivity contribution in [2.24, 2.45) is 10.4 Å². The maximum atomic E-state index is 12.9. The first kappa shape index (κ1) is 23.6. The zero-order chi connectivity index (χ0) is 22.7. The van der Waals surface area contributed by atoms with E-state index < -0.39 is 17.6 Å². The zero-order valence-electron chi connectivity index (χ0n) is 18.8. The number of aliphatic imine (C=N–C) groups is 1. The lowest BCUT2D eigenvalue weighted by Crippen LogP contribution is -2.35. The van der Waals surface area contributed by atoms with Gasteiger partial charge in [0.15, 0.2) is 11.8 Å². The molecule has 0 heterocycles. The molecular weight excluding hydrogens is 382 g/mol. The highest BCUT2D eigenvalue weighted by Crippen LogP contribution is 2.36. The number of rotatable bonds is 7. The van der Waals surface area contributed by atoms with E-state index in [9.17, 15) is 19.8 Å². The van der Waals surface area contributed by atoms with Crippen LogP contribution in [0.5, 0.6) is 5.75 Å². The number of carbonyl (C=O) groups excluding carboxylic acids is 2. The summed E-state index contributed by atoms with van der Waals surface area (Å²) in [5.74, 6) is -0.507. The molecule has 30 heavy (non-hydrogen) atoms. The van der Waals surface area contributed by atoms with Crippen LogP contribution in [-0.4, -0.2) is 39.3 Å². The fraction of sp³-hybridized carbons (Fsp3) is 0.542. The Labute approximate surface area is 178 Å². The Hall–Kier alpha value is -2.63. The van der Waals surface area contributed by atoms with E-state index in [1.165, 1.54) is 0 Å². The van der Waals surface area contributed by atoms with Crippen LogP contribution in [-0.2, 0) is 20.7 Å². The quantitative estimate of drug-likeness (QED) is 0.497. The summed E-state index contributed by atoms with van der Waals surface area (Å²) in [5, 5.41) is 20.0. The lowest BCUT2D eigenvalue weighted by Gasteiger charge is -2.30. The van der Waals surface area contributed by atoms with E-state index >= 15 is 0 Å². The highest BCUT2D eigenvalue weighted by molar-refractivity contribution is 6.22. The van der Waals surface area contributed by atoms with Gasteiger partial charge in [-0.25, -0.2) is 4.79 Å². The minimum absolute atomic E-state index is 0.0168. The average Bonchev–Trinajstić information content (AvgIpc) is 2.60. The smallest absolute Gasteiger partial charge is 0.331 e. The van der Waals surface area contributed by atoms with Crippen molar-refractivity contribution in [3.63, 3.8) is 0 Å². The van der Waals surface area contributed by atoms with E-state index in [1.807, 2.05) is 34.6 Å². The minimum Gasteiger partial charge on any atom is -0.511 e. The Morgan fingerprint density at radius 3 is 2.33 bits per heavy atom. The first-order chi connectivity index (χ1) is 13.8. The van der Waals surface area contributed by atoms with Gasteiger partial charge in [0.2, 0.25) is 0 Å². The van der Waals surface area contributed by atoms with Crippen molar-refractivity contribution in [2.45, 2.75) is 78.9 Å². The number of nitrogens with zero attached hydrogens (tertiary/aromatic N) is 1. The second-order valence-electron chi connectivity index (χ2n) is 9.40. The standard InChI is InChI=1S/C24H33NO5/c1-7-24(5,6)30-22(29)18(12-16-8-10-17(26)11-9-16)25-15(2)21-19(27)13-23(3,4)14-20(21)28/h8-11,18,26-27H,7,12-14H2,1-6H3. The molecule has 1 aliphatic rings. The monoisotopic (exact) mass is 415 g/mol. The lowest BCUT2D eigenvalue weighted by molar-refractivity contribution is -0.158. The fourth-order valence-corrected chi connectivity index (χ4v) is 3.45. The number of ether oxygens (including phenoxy) is 1. The number of carbonyl (C=O) groups is 2. The number of hydrogen-bond acceptors (Lipinski definition) is 6. The molecule has 0 radical (unpaired) electrons. The molecule has 6 heteroatoms. The topological polar surface area (TPSA) is 96.2 Å². The van der Waals surface area contributed by atoms with Gasteiger partial charge in [-0.1, -0.05) is 32.9 Å². The number of Topliss-reactive ketones (excluding diaryl/α,β-unsaturated/α-hetero) is 1. The third-order valence-corrected chi connectivity index (χ3v) is 5.43. The van der Waals surface area contributed by atoms with Crippen molar-refractivity contribution < 1.29 is 24.5 Å². The number of hydrogen-bond donors (Lipinski definition) is 2. The van der Waals surface area contributed by atoms with E-state index in [2.05, 4.69) is 4.99 Å². The van der Waals surface area contributed by atoms with Gasteiger partial charge in [0.05, 0.1) is 5.57 Å². The summed E-state index contributed by atoms with van der Waals surface area (Å²) >= 11 is 0. The Morgan fingerprint density at radius 1 is 1.20 bits per heavy atom. The number of phenolic OH excluding ortho intramolecular Hbond substituents is 1. The van der Waals surface area contributed by atoms with Crippen molar-refractivity contribution in [2.75, 3.05) is 0 Å². The summed E-state index contributed by atoms with van der Waals surface area (Å²) in [6.07, 6.45) is 1.60. The van der Waals surface area contributed by atoms with Gasteiger partial charge >= 0.3 is 5.97 Å². The van der Waals surface area contributed by atoms with Crippen LogP contribution in [0.1, 0.15) is 66.4 Å². The summed E-state index contributed by atoms with van der Waals surface area (Å²) in [4.78, 5) is 30.1. The number of ketones is 1. The van der Waals surface area contributed by atoms with Crippen LogP contribution >= 0.6 is 0 Å². The third kappa shape index (κ3) is 6.18. The summed E-state index contributed by atoms with van der Waals surface area (Å²) in [6, 6.07) is 5.66. The molecule has 0 amide bonds. The van der Waals surface area contributed by atoms with Gasteiger partial charge in [-0.2, -0.15) is 0 Å². The number of aromatic hydroxyl groups is 1. The van der Waals surface area contributed by atoms with Crippen molar-refractivity contribution in [1.29, 1.82) is 0 Å². The molecule has 1 atom stereocenters. The maximum absolute atomic E-state index is 12.9. The molecule has 1 aromatic carbocycles. The first-order valence-electron chi connectivity index (χ1n) is 10.3. The molecule has 1 aromatic rings. The van der Waals surface area contributed by atoms with Crippen LogP contribution in [0.4, 0.5) is 0 Å². The molecule has 2 N–H and O–H groups in total. The first-order valence-corrected chi connectivity index (χ1v) is 10.3. The second kappa shape index (κ2) is 9.02. The summed E-state index contributed by atoms with van der Waals surface area (Å²) in [7, 11) is 0. The van der Waals surface area contributed by atoms with Gasteiger partial charge in [0, 0.05) is 25.0 Å². The molecule has 164 valence electrons. The highest BCUT2D eigenvalue weighted by Gasteiger charge is 2.35. The van der Waals surface area contributed by atoms with Crippen molar-refractivity contribution in [3.05, 3.63) is 41.2 Å². The van der Waals surface area contributed by atoms with Crippen molar-refractivity contribution in [3.8, 4) is 5.75 Å². The molecule has 0 spiro atoms. The zero-order valence-corrected chi connectivity index (χ0v) is 18.8. The molecule has 0 bridgehead atoms. The largest absolute Gasteiger partial charge is 0.511 e. The molecule has 0 saturated carbocycles. The van der Waals surface area contributed by atoms with Crippen LogP contribution < -0.4 is 0 Å². The van der Waals surface area contributed by atoms with Crippen LogP contribution in [0.3, 0.4) is 0 Å². The van der Waals surface area contributed by atoms with E-state index in [-0.39, 0.29) is 34.7 Å². The number of esters is 1. The number of allylic oxidation sites excluding steroid dienone is 2. The molecule has 0 aliphatic heterocycles. The minimum atomic E-state index is -0.872. The van der Waals surface area contributed by atoms with Crippen LogP contribution in [0.15, 0.2) is 40.6 Å². The van der Waals surface area contributed by atoms with E-state index in [1.54, 1.807) is 31.2 Å². The van der Waals surface area contributed by atoms with E-state index in [0.29, 0.717) is 25.0 Å². The maximum Gasteiger partial charge on any atom is 0.331 e. The molecule has 0 fully saturated rings. The van der Waals surface area contributed by atoms with Crippen LogP contribution in [0.2, 0.25) is 0 Å². The predicted molar refractivity (Wildman–Crippen MR) is 117 cm³/mol. The molecule has 1 aliphatic carbocycles. The Kier molecular flexibility index (Phi) is 7.11. The predicted octanol–water partition coefficient (Wildman–Crippen LogP) is 4.70. The summed E-state index contributed by atoms with van der Waals surface area (Å²) in [5.41, 5.74) is 0.394. The highest BCUT2D eigenvalue weighted by atomic mass is 16.6. The fourth-order valence-electron chi connectivity index (χ4n) is 3.45.